The molecule has 0 unspecified atom stereocenters. The second-order valence-corrected chi connectivity index (χ2v) is 13.7. The molecule has 14 heteroatoms. The maximum Gasteiger partial charge on any atom is 0.319 e. The molecule has 2 aromatic carbocycles. The quantitative estimate of drug-likeness (QED) is 0.0591. The van der Waals surface area contributed by atoms with Crippen molar-refractivity contribution in [1.82, 2.24) is 21.3 Å². The fourth-order valence-electron chi connectivity index (χ4n) is 5.63. The summed E-state index contributed by atoms with van der Waals surface area (Å²) in [5, 5.41) is 33.1. The van der Waals surface area contributed by atoms with Crippen molar-refractivity contribution in [3.05, 3.63) is 81.5 Å². The Labute approximate surface area is 288 Å². The predicted molar refractivity (Wildman–Crippen MR) is 196 cm³/mol. The van der Waals surface area contributed by atoms with Gasteiger partial charge < -0.3 is 37.6 Å². The van der Waals surface area contributed by atoms with Crippen LogP contribution in [0.25, 0.3) is 20.9 Å². The molecule has 8 N–H and O–H groups in total. The Morgan fingerprint density at radius 2 is 1.23 bits per heavy atom. The van der Waals surface area contributed by atoms with Gasteiger partial charge in [0.1, 0.15) is 5.69 Å². The first-order valence-corrected chi connectivity index (χ1v) is 17.9. The van der Waals surface area contributed by atoms with E-state index in [1.165, 1.54) is 6.07 Å². The van der Waals surface area contributed by atoms with Gasteiger partial charge >= 0.3 is 12.1 Å². The van der Waals surface area contributed by atoms with Crippen molar-refractivity contribution < 1.29 is 14.5 Å². The summed E-state index contributed by atoms with van der Waals surface area (Å²) in [4.78, 5) is 37.2. The molecule has 0 bridgehead atoms. The predicted octanol–water partition coefficient (Wildman–Crippen LogP) is 6.56. The lowest BCUT2D eigenvalue weighted by Crippen LogP contribution is -2.37. The number of nitrogens with zero attached hydrogens (tertiary/aromatic N) is 1. The van der Waals surface area contributed by atoms with E-state index in [2.05, 4.69) is 38.0 Å². The minimum absolute atomic E-state index is 0.114. The molecule has 2 aromatic heterocycles. The highest BCUT2D eigenvalue weighted by Crippen LogP contribution is 2.33. The average Bonchev–Trinajstić information content (AvgIpc) is 3.85. The summed E-state index contributed by atoms with van der Waals surface area (Å²) in [6, 6.07) is 17.8. The summed E-state index contributed by atoms with van der Waals surface area (Å²) in [6.07, 6.45) is 4.26. The third kappa shape index (κ3) is 10.2. The number of amides is 4. The molecule has 2 aliphatic rings. The SMILES string of the molecule is Nc1ccc(-c2cccs2)cc1NC(=O)NCC1CCNCC1.O=C(NCC1CCNCC1)Nc1cc(-c2cccs2)ccc1[N+](=O)[O-]. The standard InChI is InChI=1S/C17H20N4O3S.C17H22N4OS/c22-17(19-11-12-5-7-18-8-6-12)20-14-10-13(16-2-1-9-25-16)3-4-15(14)21(23)24;18-14-4-3-13(16-2-1-9-23-16)10-15(14)21-17(22)20-11-12-5-7-19-8-6-12/h1-4,9-10,12,18H,5-8,11H2,(H2,19,20,22);1-4,9-10,12,19H,5-8,11,18H2,(H2,20,21,22). The lowest BCUT2D eigenvalue weighted by Gasteiger charge is -2.22. The summed E-state index contributed by atoms with van der Waals surface area (Å²) < 4.78 is 0. The van der Waals surface area contributed by atoms with E-state index in [1.807, 2.05) is 47.2 Å². The van der Waals surface area contributed by atoms with Crippen LogP contribution in [0.4, 0.5) is 32.3 Å². The van der Waals surface area contributed by atoms with Crippen LogP contribution in [0.2, 0.25) is 0 Å². The molecule has 0 aliphatic carbocycles. The fraction of sp³-hybridized carbons (Fsp3) is 0.353. The number of carbonyl (C=O) groups excluding carboxylic acids is 2. The first-order chi connectivity index (χ1) is 23.4. The molecule has 12 nitrogen and oxygen atoms in total. The number of hydrogen-bond acceptors (Lipinski definition) is 9. The Balaban J connectivity index is 0.000000188. The highest BCUT2D eigenvalue weighted by molar-refractivity contribution is 7.13. The van der Waals surface area contributed by atoms with E-state index in [0.717, 1.165) is 72.7 Å². The Kier molecular flexibility index (Phi) is 12.8. The van der Waals surface area contributed by atoms with Crippen LogP contribution < -0.4 is 37.6 Å². The van der Waals surface area contributed by atoms with Crippen molar-refractivity contribution in [3.63, 3.8) is 0 Å². The molecule has 0 radical (unpaired) electrons. The summed E-state index contributed by atoms with van der Waals surface area (Å²) >= 11 is 3.21. The van der Waals surface area contributed by atoms with Crippen LogP contribution in [-0.2, 0) is 0 Å². The number of nitro groups is 1. The van der Waals surface area contributed by atoms with E-state index in [9.17, 15) is 19.7 Å². The van der Waals surface area contributed by atoms with Crippen LogP contribution in [0.3, 0.4) is 0 Å². The fourth-order valence-corrected chi connectivity index (χ4v) is 7.08. The highest BCUT2D eigenvalue weighted by atomic mass is 32.1. The number of rotatable bonds is 9. The van der Waals surface area contributed by atoms with Gasteiger partial charge in [0.25, 0.3) is 5.69 Å². The van der Waals surface area contributed by atoms with Gasteiger partial charge in [0.2, 0.25) is 0 Å². The monoisotopic (exact) mass is 690 g/mol. The number of thiophene rings is 2. The van der Waals surface area contributed by atoms with Crippen LogP contribution in [0.5, 0.6) is 0 Å². The van der Waals surface area contributed by atoms with Crippen molar-refractivity contribution in [2.75, 3.05) is 55.6 Å². The third-order valence-electron chi connectivity index (χ3n) is 8.37. The van der Waals surface area contributed by atoms with E-state index < -0.39 is 11.0 Å². The van der Waals surface area contributed by atoms with Gasteiger partial charge in [-0.05, 0) is 122 Å². The van der Waals surface area contributed by atoms with Crippen molar-refractivity contribution in [3.8, 4) is 20.9 Å². The number of urea groups is 2. The van der Waals surface area contributed by atoms with Crippen molar-refractivity contribution in [2.24, 2.45) is 11.8 Å². The Bertz CT molecular complexity index is 1640. The minimum Gasteiger partial charge on any atom is -0.397 e. The van der Waals surface area contributed by atoms with E-state index in [4.69, 9.17) is 5.73 Å². The van der Waals surface area contributed by atoms with Crippen molar-refractivity contribution in [2.45, 2.75) is 25.7 Å². The van der Waals surface area contributed by atoms with Gasteiger partial charge in [-0.15, -0.1) is 22.7 Å². The Morgan fingerprint density at radius 1 is 0.750 bits per heavy atom. The molecular weight excluding hydrogens is 649 g/mol. The molecule has 4 aromatic rings. The Hall–Kier alpha value is -4.50. The third-order valence-corrected chi connectivity index (χ3v) is 10.2. The zero-order valence-corrected chi connectivity index (χ0v) is 28.3. The number of hydrogen-bond donors (Lipinski definition) is 7. The molecule has 48 heavy (non-hydrogen) atoms. The van der Waals surface area contributed by atoms with Crippen LogP contribution in [0.1, 0.15) is 25.7 Å². The number of nitro benzene ring substituents is 1. The first-order valence-electron chi connectivity index (χ1n) is 16.1. The minimum atomic E-state index is -0.485. The first kappa shape index (κ1) is 34.8. The Morgan fingerprint density at radius 3 is 1.71 bits per heavy atom. The van der Waals surface area contributed by atoms with Crippen LogP contribution in [0.15, 0.2) is 71.4 Å². The van der Waals surface area contributed by atoms with Crippen LogP contribution >= 0.6 is 22.7 Å². The molecular formula is C34H42N8O4S2. The lowest BCUT2D eigenvalue weighted by atomic mass is 9.98. The summed E-state index contributed by atoms with van der Waals surface area (Å²) in [6.45, 7) is 5.27. The van der Waals surface area contributed by atoms with Gasteiger partial charge in [-0.1, -0.05) is 18.2 Å². The number of nitrogens with two attached hydrogens (primary N) is 1. The van der Waals surface area contributed by atoms with E-state index in [1.54, 1.807) is 34.8 Å². The molecule has 2 fully saturated rings. The van der Waals surface area contributed by atoms with Gasteiger partial charge in [-0.2, -0.15) is 0 Å². The molecule has 6 rings (SSSR count). The zero-order valence-electron chi connectivity index (χ0n) is 26.6. The molecule has 2 aliphatic heterocycles. The number of piperidine rings is 2. The molecule has 0 atom stereocenters. The number of nitrogens with one attached hydrogen (secondary N) is 6. The molecule has 254 valence electrons. The second kappa shape index (κ2) is 17.6. The van der Waals surface area contributed by atoms with Gasteiger partial charge in [0.15, 0.2) is 0 Å². The van der Waals surface area contributed by atoms with Gasteiger partial charge in [0, 0.05) is 28.9 Å². The molecule has 4 heterocycles. The molecule has 0 saturated carbocycles. The highest BCUT2D eigenvalue weighted by Gasteiger charge is 2.19. The topological polar surface area (TPSA) is 175 Å². The van der Waals surface area contributed by atoms with Gasteiger partial charge in [0.05, 0.1) is 16.3 Å². The van der Waals surface area contributed by atoms with Crippen LogP contribution in [-0.4, -0.2) is 56.3 Å². The van der Waals surface area contributed by atoms with Crippen molar-refractivity contribution >= 4 is 57.5 Å². The zero-order chi connectivity index (χ0) is 33.7. The molecule has 0 spiro atoms. The van der Waals surface area contributed by atoms with Crippen molar-refractivity contribution in [1.29, 1.82) is 0 Å². The number of nitrogen functional groups attached to an aromatic ring is 1. The van der Waals surface area contributed by atoms with E-state index in [-0.39, 0.29) is 17.4 Å². The molecule has 2 saturated heterocycles. The van der Waals surface area contributed by atoms with Crippen LogP contribution in [0, 0.1) is 22.0 Å². The average molecular weight is 691 g/mol. The number of benzene rings is 2. The summed E-state index contributed by atoms with van der Waals surface area (Å²) in [7, 11) is 0. The summed E-state index contributed by atoms with van der Waals surface area (Å²) in [5.41, 5.74) is 9.20. The largest absolute Gasteiger partial charge is 0.397 e. The lowest BCUT2D eigenvalue weighted by molar-refractivity contribution is -0.383. The van der Waals surface area contributed by atoms with E-state index in [0.29, 0.717) is 36.3 Å². The number of anilines is 3. The van der Waals surface area contributed by atoms with E-state index >= 15 is 0 Å². The number of carbonyl (C=O) groups is 2. The molecule has 4 amide bonds. The second-order valence-electron chi connectivity index (χ2n) is 11.8. The normalized spacial score (nSPS) is 15.1. The smallest absolute Gasteiger partial charge is 0.319 e. The summed E-state index contributed by atoms with van der Waals surface area (Å²) in [5.74, 6) is 0.997. The maximum atomic E-state index is 12.2. The van der Waals surface area contributed by atoms with Gasteiger partial charge in [-0.3, -0.25) is 10.1 Å². The maximum absolute atomic E-state index is 12.2. The van der Waals surface area contributed by atoms with Gasteiger partial charge in [-0.25, -0.2) is 9.59 Å².